The van der Waals surface area contributed by atoms with Crippen LogP contribution in [0, 0.1) is 6.92 Å². The molecule has 128 valence electrons. The molecule has 5 heteroatoms. The van der Waals surface area contributed by atoms with Gasteiger partial charge in [-0.2, -0.15) is 4.98 Å². The third kappa shape index (κ3) is 4.76. The van der Waals surface area contributed by atoms with E-state index in [1.165, 1.54) is 5.56 Å². The van der Waals surface area contributed by atoms with E-state index in [1.54, 1.807) is 12.4 Å². The number of hydrogen-bond acceptors (Lipinski definition) is 5. The molecule has 0 atom stereocenters. The molecule has 0 fully saturated rings. The monoisotopic (exact) mass is 333 g/mol. The number of anilines is 3. The molecule has 3 rings (SSSR count). The van der Waals surface area contributed by atoms with Crippen molar-refractivity contribution < 1.29 is 0 Å². The van der Waals surface area contributed by atoms with E-state index in [-0.39, 0.29) is 5.54 Å². The molecule has 0 aliphatic heterocycles. The minimum Gasteiger partial charge on any atom is -0.350 e. The lowest BCUT2D eigenvalue weighted by molar-refractivity contribution is 0.626. The van der Waals surface area contributed by atoms with Crippen LogP contribution in [0.4, 0.5) is 17.5 Å². The lowest BCUT2D eigenvalue weighted by atomic mass is 10.1. The van der Waals surface area contributed by atoms with Crippen LogP contribution in [0.2, 0.25) is 0 Å². The van der Waals surface area contributed by atoms with Gasteiger partial charge in [0.05, 0.1) is 5.69 Å². The van der Waals surface area contributed by atoms with Crippen molar-refractivity contribution in [2.45, 2.75) is 33.2 Å². The topological polar surface area (TPSA) is 62.7 Å². The number of pyridine rings is 1. The van der Waals surface area contributed by atoms with Crippen molar-refractivity contribution in [3.8, 4) is 11.3 Å². The van der Waals surface area contributed by atoms with Crippen molar-refractivity contribution in [1.29, 1.82) is 0 Å². The highest BCUT2D eigenvalue weighted by Gasteiger charge is 2.14. The fraction of sp³-hybridized carbons (Fsp3) is 0.250. The van der Waals surface area contributed by atoms with E-state index >= 15 is 0 Å². The summed E-state index contributed by atoms with van der Waals surface area (Å²) in [5, 5.41) is 6.70. The summed E-state index contributed by atoms with van der Waals surface area (Å²) in [6, 6.07) is 14.0. The summed E-state index contributed by atoms with van der Waals surface area (Å²) in [7, 11) is 0. The molecule has 2 aromatic heterocycles. The third-order valence-electron chi connectivity index (χ3n) is 3.49. The molecule has 0 bridgehead atoms. The molecule has 3 aromatic rings. The number of nitrogens with one attached hydrogen (secondary N) is 2. The van der Waals surface area contributed by atoms with Gasteiger partial charge in [-0.05, 0) is 52.0 Å². The molecule has 0 spiro atoms. The molecule has 0 aliphatic rings. The number of hydrogen-bond donors (Lipinski definition) is 2. The molecule has 0 radical (unpaired) electrons. The molecule has 2 N–H and O–H groups in total. The van der Waals surface area contributed by atoms with Crippen LogP contribution in [0.3, 0.4) is 0 Å². The first-order chi connectivity index (χ1) is 11.9. The highest BCUT2D eigenvalue weighted by molar-refractivity contribution is 5.67. The number of benzene rings is 1. The average molecular weight is 333 g/mol. The summed E-state index contributed by atoms with van der Waals surface area (Å²) in [5.41, 5.74) is 3.86. The lowest BCUT2D eigenvalue weighted by Crippen LogP contribution is -2.27. The predicted molar refractivity (Wildman–Crippen MR) is 103 cm³/mol. The van der Waals surface area contributed by atoms with E-state index in [2.05, 4.69) is 65.4 Å². The average Bonchev–Trinajstić information content (AvgIpc) is 2.56. The molecular formula is C20H23N5. The lowest BCUT2D eigenvalue weighted by Gasteiger charge is -2.21. The van der Waals surface area contributed by atoms with E-state index in [4.69, 9.17) is 0 Å². The second-order valence-corrected chi connectivity index (χ2v) is 7.07. The number of nitrogens with zero attached hydrogens (tertiary/aromatic N) is 3. The molecule has 0 saturated carbocycles. The molecule has 0 amide bonds. The van der Waals surface area contributed by atoms with E-state index in [9.17, 15) is 0 Å². The van der Waals surface area contributed by atoms with Crippen molar-refractivity contribution in [3.05, 3.63) is 60.4 Å². The SMILES string of the molecule is Cc1ccc(Nc2cc(-c3cccnc3)nc(NC(C)(C)C)n2)cc1. The Hall–Kier alpha value is -2.95. The van der Waals surface area contributed by atoms with Gasteiger partial charge in [-0.1, -0.05) is 17.7 Å². The smallest absolute Gasteiger partial charge is 0.225 e. The van der Waals surface area contributed by atoms with Gasteiger partial charge in [0, 0.05) is 35.2 Å². The van der Waals surface area contributed by atoms with Gasteiger partial charge in [0.25, 0.3) is 0 Å². The van der Waals surface area contributed by atoms with Gasteiger partial charge in [-0.15, -0.1) is 0 Å². The minimum absolute atomic E-state index is 0.130. The second kappa shape index (κ2) is 6.89. The van der Waals surface area contributed by atoms with E-state index < -0.39 is 0 Å². The molecule has 0 unspecified atom stereocenters. The maximum Gasteiger partial charge on any atom is 0.225 e. The summed E-state index contributed by atoms with van der Waals surface area (Å²) in [6.07, 6.45) is 3.56. The van der Waals surface area contributed by atoms with E-state index in [0.29, 0.717) is 5.95 Å². The van der Waals surface area contributed by atoms with Crippen molar-refractivity contribution in [2.24, 2.45) is 0 Å². The van der Waals surface area contributed by atoms with E-state index in [0.717, 1.165) is 22.8 Å². The van der Waals surface area contributed by atoms with Crippen LogP contribution in [0.25, 0.3) is 11.3 Å². The molecule has 5 nitrogen and oxygen atoms in total. The van der Waals surface area contributed by atoms with Crippen molar-refractivity contribution in [2.75, 3.05) is 10.6 Å². The molecule has 0 saturated heterocycles. The second-order valence-electron chi connectivity index (χ2n) is 7.07. The fourth-order valence-electron chi connectivity index (χ4n) is 2.35. The van der Waals surface area contributed by atoms with Gasteiger partial charge in [-0.25, -0.2) is 4.98 Å². The van der Waals surface area contributed by atoms with Crippen LogP contribution in [-0.2, 0) is 0 Å². The summed E-state index contributed by atoms with van der Waals surface area (Å²) in [5.74, 6) is 1.33. The van der Waals surface area contributed by atoms with Crippen LogP contribution < -0.4 is 10.6 Å². The summed E-state index contributed by atoms with van der Waals surface area (Å²) in [6.45, 7) is 8.32. The molecule has 1 aromatic carbocycles. The van der Waals surface area contributed by atoms with Crippen LogP contribution in [-0.4, -0.2) is 20.5 Å². The highest BCUT2D eigenvalue weighted by atomic mass is 15.2. The first kappa shape index (κ1) is 16.9. The zero-order valence-electron chi connectivity index (χ0n) is 15.0. The van der Waals surface area contributed by atoms with E-state index in [1.807, 2.05) is 30.3 Å². The summed E-state index contributed by atoms with van der Waals surface area (Å²) < 4.78 is 0. The molecular weight excluding hydrogens is 310 g/mol. The Morgan fingerprint density at radius 2 is 1.72 bits per heavy atom. The zero-order valence-corrected chi connectivity index (χ0v) is 15.0. The van der Waals surface area contributed by atoms with Gasteiger partial charge in [0.15, 0.2) is 0 Å². The number of rotatable bonds is 4. The molecule has 25 heavy (non-hydrogen) atoms. The van der Waals surface area contributed by atoms with Gasteiger partial charge >= 0.3 is 0 Å². The molecule has 0 aliphatic carbocycles. The Kier molecular flexibility index (Phi) is 4.65. The van der Waals surface area contributed by atoms with Gasteiger partial charge < -0.3 is 10.6 Å². The first-order valence-corrected chi connectivity index (χ1v) is 8.30. The van der Waals surface area contributed by atoms with Crippen LogP contribution in [0.1, 0.15) is 26.3 Å². The quantitative estimate of drug-likeness (QED) is 0.718. The Labute approximate surface area is 148 Å². The minimum atomic E-state index is -0.130. The predicted octanol–water partition coefficient (Wildman–Crippen LogP) is 4.80. The Balaban J connectivity index is 1.98. The molecule has 2 heterocycles. The number of aromatic nitrogens is 3. The van der Waals surface area contributed by atoms with Crippen molar-refractivity contribution in [3.63, 3.8) is 0 Å². The summed E-state index contributed by atoms with van der Waals surface area (Å²) in [4.78, 5) is 13.4. The van der Waals surface area contributed by atoms with Crippen LogP contribution >= 0.6 is 0 Å². The Bertz CT molecular complexity index is 836. The first-order valence-electron chi connectivity index (χ1n) is 8.30. The van der Waals surface area contributed by atoms with Crippen LogP contribution in [0.5, 0.6) is 0 Å². The van der Waals surface area contributed by atoms with Gasteiger partial charge in [-0.3, -0.25) is 4.98 Å². The maximum atomic E-state index is 4.64. The largest absolute Gasteiger partial charge is 0.350 e. The van der Waals surface area contributed by atoms with Crippen molar-refractivity contribution in [1.82, 2.24) is 15.0 Å². The standard InChI is InChI=1S/C20H23N5/c1-14-7-9-16(10-8-14)22-18-12-17(15-6-5-11-21-13-15)23-19(24-18)25-20(2,3)4/h5-13H,1-4H3,(H2,22,23,24,25). The van der Waals surface area contributed by atoms with Gasteiger partial charge in [0.2, 0.25) is 5.95 Å². The van der Waals surface area contributed by atoms with Crippen molar-refractivity contribution >= 4 is 17.5 Å². The van der Waals surface area contributed by atoms with Crippen LogP contribution in [0.15, 0.2) is 54.9 Å². The Morgan fingerprint density at radius 1 is 0.960 bits per heavy atom. The normalized spacial score (nSPS) is 11.2. The highest BCUT2D eigenvalue weighted by Crippen LogP contribution is 2.24. The zero-order chi connectivity index (χ0) is 17.9. The maximum absolute atomic E-state index is 4.64. The Morgan fingerprint density at radius 3 is 2.36 bits per heavy atom. The summed E-state index contributed by atoms with van der Waals surface area (Å²) >= 11 is 0. The number of aryl methyl sites for hydroxylation is 1. The third-order valence-corrected chi connectivity index (χ3v) is 3.49. The van der Waals surface area contributed by atoms with Gasteiger partial charge in [0.1, 0.15) is 5.82 Å². The fourth-order valence-corrected chi connectivity index (χ4v) is 2.35.